The van der Waals surface area contributed by atoms with Crippen LogP contribution in [0.25, 0.3) is 56.0 Å². The Morgan fingerprint density at radius 3 is 2.36 bits per heavy atom. The highest BCUT2D eigenvalue weighted by molar-refractivity contribution is 5.96. The van der Waals surface area contributed by atoms with Crippen molar-refractivity contribution in [2.24, 2.45) is 0 Å². The molecule has 6 rings (SSSR count). The number of nitrogens with zero attached hydrogens (tertiary/aromatic N) is 4. The van der Waals surface area contributed by atoms with Gasteiger partial charge in [0, 0.05) is 23.5 Å². The van der Waals surface area contributed by atoms with Crippen molar-refractivity contribution in [3.63, 3.8) is 0 Å². The lowest BCUT2D eigenvalue weighted by atomic mass is 10.0. The summed E-state index contributed by atoms with van der Waals surface area (Å²) in [5.74, 6) is 0.699. The van der Waals surface area contributed by atoms with Crippen molar-refractivity contribution >= 4 is 22.1 Å². The van der Waals surface area contributed by atoms with Gasteiger partial charge < -0.3 is 4.98 Å². The van der Waals surface area contributed by atoms with Crippen LogP contribution in [-0.2, 0) is 12.8 Å². The van der Waals surface area contributed by atoms with Crippen molar-refractivity contribution in [2.75, 3.05) is 0 Å². The summed E-state index contributed by atoms with van der Waals surface area (Å²) >= 11 is 0. The van der Waals surface area contributed by atoms with Gasteiger partial charge >= 0.3 is 0 Å². The van der Waals surface area contributed by atoms with Gasteiger partial charge in [-0.25, -0.2) is 9.97 Å². The first kappa shape index (κ1) is 23.4. The lowest BCUT2D eigenvalue weighted by Crippen LogP contribution is -1.90. The summed E-state index contributed by atoms with van der Waals surface area (Å²) in [7, 11) is 0. The fourth-order valence-corrected chi connectivity index (χ4v) is 4.38. The van der Waals surface area contributed by atoms with Crippen molar-refractivity contribution in [3.05, 3.63) is 84.2 Å². The molecule has 0 radical (unpaired) electrons. The molecule has 0 fully saturated rings. The molecule has 0 spiro atoms. The fourth-order valence-electron chi connectivity index (χ4n) is 4.38. The molecule has 0 saturated carbocycles. The quantitative estimate of drug-likeness (QED) is 0.273. The summed E-state index contributed by atoms with van der Waals surface area (Å²) in [6, 6.07) is 21.0. The van der Waals surface area contributed by atoms with Gasteiger partial charge in [0.25, 0.3) is 0 Å². The third kappa shape index (κ3) is 4.26. The van der Waals surface area contributed by atoms with E-state index in [2.05, 4.69) is 82.5 Å². The van der Waals surface area contributed by atoms with Crippen LogP contribution < -0.4 is 0 Å². The fraction of sp³-hybridized carbons (Fsp3) is 0.200. The van der Waals surface area contributed by atoms with Gasteiger partial charge in [0.05, 0.1) is 22.2 Å². The van der Waals surface area contributed by atoms with Gasteiger partial charge in [0.2, 0.25) is 0 Å². The highest BCUT2D eigenvalue weighted by Gasteiger charge is 2.17. The van der Waals surface area contributed by atoms with Crippen LogP contribution in [0, 0.1) is 0 Å². The average Bonchev–Trinajstić information content (AvgIpc) is 3.58. The molecule has 6 aromatic rings. The number of pyridine rings is 2. The topological polar surface area (TPSA) is 83.1 Å². The Bertz CT molecular complexity index is 1640. The van der Waals surface area contributed by atoms with Crippen LogP contribution in [0.1, 0.15) is 38.8 Å². The number of aromatic amines is 2. The molecule has 0 aliphatic carbocycles. The minimum absolute atomic E-state index is 0.699. The van der Waals surface area contributed by atoms with E-state index >= 15 is 0 Å². The molecule has 6 nitrogen and oxygen atoms in total. The molecule has 0 amide bonds. The number of aromatic nitrogens is 6. The molecular weight excluding hydrogens is 444 g/mol. The van der Waals surface area contributed by atoms with Crippen molar-refractivity contribution in [1.82, 2.24) is 30.1 Å². The van der Waals surface area contributed by atoms with Gasteiger partial charge in [-0.05, 0) is 53.8 Å². The Balaban J connectivity index is 0.00000130. The predicted octanol–water partition coefficient (Wildman–Crippen LogP) is 7.38. The molecule has 0 saturated heterocycles. The number of fused-ring (bicyclic) bond motifs is 2. The van der Waals surface area contributed by atoms with E-state index in [0.29, 0.717) is 11.5 Å². The lowest BCUT2D eigenvalue weighted by Gasteiger charge is -2.04. The second-order valence-electron chi connectivity index (χ2n) is 8.44. The van der Waals surface area contributed by atoms with Gasteiger partial charge in [-0.1, -0.05) is 64.1 Å². The number of hydrogen-bond acceptors (Lipinski definition) is 4. The summed E-state index contributed by atoms with van der Waals surface area (Å²) in [6.07, 6.45) is 5.68. The van der Waals surface area contributed by atoms with Crippen LogP contribution in [0.2, 0.25) is 0 Å². The van der Waals surface area contributed by atoms with Crippen LogP contribution in [0.15, 0.2) is 73.1 Å². The minimum Gasteiger partial charge on any atom is -0.336 e. The third-order valence-corrected chi connectivity index (χ3v) is 6.29. The van der Waals surface area contributed by atoms with E-state index in [0.717, 1.165) is 51.7 Å². The first-order valence-corrected chi connectivity index (χ1v) is 12.6. The SMILES string of the molecule is CC.CCc1cncc(-c2ccc3[nH]nc(-c4nc5c(-c6cccc(CC)c6)cccc5[nH]4)c3n2)c1. The molecule has 6 heteroatoms. The molecule has 0 aliphatic rings. The Labute approximate surface area is 210 Å². The highest BCUT2D eigenvalue weighted by Crippen LogP contribution is 2.32. The summed E-state index contributed by atoms with van der Waals surface area (Å²) in [6.45, 7) is 8.30. The number of nitrogens with one attached hydrogen (secondary N) is 2. The van der Waals surface area contributed by atoms with Gasteiger partial charge in [0.15, 0.2) is 11.5 Å². The zero-order valence-corrected chi connectivity index (χ0v) is 21.1. The number of imidazole rings is 1. The number of aryl methyl sites for hydroxylation is 2. The van der Waals surface area contributed by atoms with E-state index in [1.165, 1.54) is 16.7 Å². The molecule has 4 heterocycles. The Kier molecular flexibility index (Phi) is 6.58. The predicted molar refractivity (Wildman–Crippen MR) is 148 cm³/mol. The van der Waals surface area contributed by atoms with Crippen molar-refractivity contribution in [2.45, 2.75) is 40.5 Å². The average molecular weight is 475 g/mol. The molecule has 0 unspecified atom stereocenters. The van der Waals surface area contributed by atoms with Gasteiger partial charge in [-0.15, -0.1) is 0 Å². The maximum absolute atomic E-state index is 4.98. The molecule has 4 aromatic heterocycles. The van der Waals surface area contributed by atoms with E-state index in [-0.39, 0.29) is 0 Å². The second-order valence-corrected chi connectivity index (χ2v) is 8.44. The summed E-state index contributed by atoms with van der Waals surface area (Å²) < 4.78 is 0. The van der Waals surface area contributed by atoms with Crippen LogP contribution in [0.3, 0.4) is 0 Å². The van der Waals surface area contributed by atoms with E-state index in [1.807, 2.05) is 38.4 Å². The molecule has 2 N–H and O–H groups in total. The zero-order valence-electron chi connectivity index (χ0n) is 21.1. The molecule has 0 bridgehead atoms. The van der Waals surface area contributed by atoms with Crippen molar-refractivity contribution in [1.29, 1.82) is 0 Å². The van der Waals surface area contributed by atoms with Crippen molar-refractivity contribution in [3.8, 4) is 33.9 Å². The van der Waals surface area contributed by atoms with Gasteiger partial charge in [-0.2, -0.15) is 5.10 Å². The van der Waals surface area contributed by atoms with Crippen molar-refractivity contribution < 1.29 is 0 Å². The smallest absolute Gasteiger partial charge is 0.161 e. The Morgan fingerprint density at radius 2 is 1.53 bits per heavy atom. The Hall–Kier alpha value is -4.32. The van der Waals surface area contributed by atoms with Crippen LogP contribution in [-0.4, -0.2) is 30.1 Å². The monoisotopic (exact) mass is 474 g/mol. The van der Waals surface area contributed by atoms with Crippen LogP contribution in [0.4, 0.5) is 0 Å². The maximum Gasteiger partial charge on any atom is 0.161 e. The zero-order chi connectivity index (χ0) is 25.1. The number of rotatable bonds is 5. The molecule has 180 valence electrons. The first-order chi connectivity index (χ1) is 17.7. The molecular formula is C30H30N6. The van der Waals surface area contributed by atoms with E-state index < -0.39 is 0 Å². The normalized spacial score (nSPS) is 11.0. The molecule has 0 aliphatic heterocycles. The minimum atomic E-state index is 0.699. The second kappa shape index (κ2) is 10.1. The van der Waals surface area contributed by atoms with E-state index in [1.54, 1.807) is 0 Å². The number of hydrogen-bond donors (Lipinski definition) is 2. The molecule has 0 atom stereocenters. The molecule has 36 heavy (non-hydrogen) atoms. The summed E-state index contributed by atoms with van der Waals surface area (Å²) in [5, 5.41) is 7.67. The highest BCUT2D eigenvalue weighted by atomic mass is 15.1. The molecule has 2 aromatic carbocycles. The van der Waals surface area contributed by atoms with Crippen LogP contribution >= 0.6 is 0 Å². The lowest BCUT2D eigenvalue weighted by molar-refractivity contribution is 1.10. The first-order valence-electron chi connectivity index (χ1n) is 12.6. The number of H-pyrrole nitrogens is 2. The Morgan fingerprint density at radius 1 is 0.722 bits per heavy atom. The van der Waals surface area contributed by atoms with E-state index in [4.69, 9.17) is 9.97 Å². The standard InChI is InChI=1S/C28H24N6.C2H6/c1-3-17-7-5-8-19(13-17)21-9-6-10-23-25(21)32-28(31-23)27-26-24(33-34-27)12-11-22(30-26)20-14-18(4-2)15-29-16-20;1-2/h5-16H,3-4H2,1-2H3,(H,31,32)(H,33,34);1-2H3. The largest absolute Gasteiger partial charge is 0.336 e. The number of benzene rings is 2. The third-order valence-electron chi connectivity index (χ3n) is 6.29. The van der Waals surface area contributed by atoms with Gasteiger partial charge in [0.1, 0.15) is 5.52 Å². The van der Waals surface area contributed by atoms with Crippen LogP contribution in [0.5, 0.6) is 0 Å². The van der Waals surface area contributed by atoms with E-state index in [9.17, 15) is 0 Å². The summed E-state index contributed by atoms with van der Waals surface area (Å²) in [4.78, 5) is 17.8. The number of para-hydroxylation sites is 1. The van der Waals surface area contributed by atoms with Gasteiger partial charge in [-0.3, -0.25) is 10.1 Å². The maximum atomic E-state index is 4.98. The summed E-state index contributed by atoms with van der Waals surface area (Å²) in [5.41, 5.74) is 10.9.